The molecule has 1 aliphatic rings. The summed E-state index contributed by atoms with van der Waals surface area (Å²) in [6, 6.07) is 5.40. The van der Waals surface area contributed by atoms with Gasteiger partial charge in [-0.1, -0.05) is 0 Å². The van der Waals surface area contributed by atoms with E-state index in [4.69, 9.17) is 17.0 Å². The molecule has 5 nitrogen and oxygen atoms in total. The minimum Gasteiger partial charge on any atom is -0.406 e. The lowest BCUT2D eigenvalue weighted by Crippen LogP contribution is -2.42. The molecule has 1 heterocycles. The smallest absolute Gasteiger partial charge is 0.406 e. The van der Waals surface area contributed by atoms with Crippen molar-refractivity contribution in [3.63, 3.8) is 0 Å². The lowest BCUT2D eigenvalue weighted by molar-refractivity contribution is -0.274. The second kappa shape index (κ2) is 8.32. The van der Waals surface area contributed by atoms with Crippen molar-refractivity contribution in [2.24, 2.45) is 0 Å². The van der Waals surface area contributed by atoms with Crippen LogP contribution in [-0.2, 0) is 4.74 Å². The van der Waals surface area contributed by atoms with Crippen LogP contribution in [0.5, 0.6) is 5.75 Å². The monoisotopic (exact) mass is 349 g/mol. The summed E-state index contributed by atoms with van der Waals surface area (Å²) in [5.41, 5.74) is 0.586. The molecule has 0 spiro atoms. The number of nitrogens with one attached hydrogen (secondary N) is 2. The Kier molecular flexibility index (Phi) is 6.43. The van der Waals surface area contributed by atoms with Crippen molar-refractivity contribution in [3.05, 3.63) is 24.3 Å². The van der Waals surface area contributed by atoms with Crippen LogP contribution < -0.4 is 15.4 Å². The number of rotatable bonds is 5. The highest BCUT2D eigenvalue weighted by Crippen LogP contribution is 2.23. The summed E-state index contributed by atoms with van der Waals surface area (Å²) in [6.07, 6.45) is -4.69. The van der Waals surface area contributed by atoms with E-state index in [0.29, 0.717) is 17.3 Å². The number of morpholine rings is 1. The van der Waals surface area contributed by atoms with E-state index in [9.17, 15) is 13.2 Å². The van der Waals surface area contributed by atoms with Crippen molar-refractivity contribution in [1.82, 2.24) is 10.2 Å². The van der Waals surface area contributed by atoms with Crippen LogP contribution in [-0.4, -0.2) is 55.8 Å². The fourth-order valence-electron chi connectivity index (χ4n) is 2.07. The van der Waals surface area contributed by atoms with E-state index < -0.39 is 6.36 Å². The largest absolute Gasteiger partial charge is 0.573 e. The maximum atomic E-state index is 12.1. The first-order chi connectivity index (χ1) is 10.9. The molecule has 0 unspecified atom stereocenters. The fourth-order valence-corrected chi connectivity index (χ4v) is 2.29. The lowest BCUT2D eigenvalue weighted by Gasteiger charge is -2.26. The number of hydrogen-bond donors (Lipinski definition) is 2. The van der Waals surface area contributed by atoms with Crippen LogP contribution >= 0.6 is 12.2 Å². The Bertz CT molecular complexity index is 505. The molecule has 2 rings (SSSR count). The molecule has 128 valence electrons. The lowest BCUT2D eigenvalue weighted by atomic mass is 10.3. The number of hydrogen-bond acceptors (Lipinski definition) is 4. The Labute approximate surface area is 137 Å². The summed E-state index contributed by atoms with van der Waals surface area (Å²) in [5, 5.41) is 6.39. The van der Waals surface area contributed by atoms with E-state index in [0.717, 1.165) is 32.8 Å². The van der Waals surface area contributed by atoms with Crippen LogP contribution in [0.15, 0.2) is 24.3 Å². The van der Waals surface area contributed by atoms with Crippen molar-refractivity contribution >= 4 is 23.0 Å². The molecule has 0 atom stereocenters. The zero-order valence-corrected chi connectivity index (χ0v) is 13.2. The molecular formula is C14H18F3N3O2S. The van der Waals surface area contributed by atoms with E-state index in [1.54, 1.807) is 0 Å². The Balaban J connectivity index is 1.70. The number of ether oxygens (including phenoxy) is 2. The van der Waals surface area contributed by atoms with Crippen molar-refractivity contribution < 1.29 is 22.6 Å². The molecule has 0 bridgehead atoms. The van der Waals surface area contributed by atoms with Crippen LogP contribution in [0.3, 0.4) is 0 Å². The minimum atomic E-state index is -4.69. The van der Waals surface area contributed by atoms with Crippen molar-refractivity contribution in [2.75, 3.05) is 44.7 Å². The SMILES string of the molecule is FC(F)(F)Oc1ccc(NC(=S)NCCN2CCOCC2)cc1. The Morgan fingerprint density at radius 3 is 2.48 bits per heavy atom. The van der Waals surface area contributed by atoms with Gasteiger partial charge in [-0.05, 0) is 36.5 Å². The number of thiocarbonyl (C=S) groups is 1. The van der Waals surface area contributed by atoms with Gasteiger partial charge in [0.1, 0.15) is 5.75 Å². The summed E-state index contributed by atoms with van der Waals surface area (Å²) in [4.78, 5) is 2.27. The molecule has 23 heavy (non-hydrogen) atoms. The topological polar surface area (TPSA) is 45.8 Å². The number of nitrogens with zero attached hydrogens (tertiary/aromatic N) is 1. The minimum absolute atomic E-state index is 0.269. The number of benzene rings is 1. The molecule has 1 saturated heterocycles. The summed E-state index contributed by atoms with van der Waals surface area (Å²) in [6.45, 7) is 4.83. The first-order valence-electron chi connectivity index (χ1n) is 7.13. The molecule has 0 radical (unpaired) electrons. The summed E-state index contributed by atoms with van der Waals surface area (Å²) >= 11 is 5.15. The van der Waals surface area contributed by atoms with Gasteiger partial charge in [0.2, 0.25) is 0 Å². The van der Waals surface area contributed by atoms with Gasteiger partial charge in [-0.2, -0.15) is 0 Å². The molecule has 1 fully saturated rings. The quantitative estimate of drug-likeness (QED) is 0.795. The van der Waals surface area contributed by atoms with Gasteiger partial charge >= 0.3 is 6.36 Å². The highest BCUT2D eigenvalue weighted by atomic mass is 32.1. The Hall–Kier alpha value is -1.58. The Morgan fingerprint density at radius 2 is 1.87 bits per heavy atom. The van der Waals surface area contributed by atoms with Gasteiger partial charge < -0.3 is 20.1 Å². The van der Waals surface area contributed by atoms with E-state index in [2.05, 4.69) is 20.3 Å². The van der Waals surface area contributed by atoms with Crippen LogP contribution in [0.1, 0.15) is 0 Å². The van der Waals surface area contributed by atoms with Crippen molar-refractivity contribution in [1.29, 1.82) is 0 Å². The summed E-state index contributed by atoms with van der Waals surface area (Å²) < 4.78 is 45.3. The summed E-state index contributed by atoms with van der Waals surface area (Å²) in [7, 11) is 0. The van der Waals surface area contributed by atoms with E-state index in [-0.39, 0.29) is 5.75 Å². The third-order valence-electron chi connectivity index (χ3n) is 3.16. The zero-order valence-electron chi connectivity index (χ0n) is 12.4. The molecule has 0 saturated carbocycles. The van der Waals surface area contributed by atoms with Crippen LogP contribution in [0.4, 0.5) is 18.9 Å². The van der Waals surface area contributed by atoms with E-state index >= 15 is 0 Å². The maximum Gasteiger partial charge on any atom is 0.573 e. The summed E-state index contributed by atoms with van der Waals surface area (Å²) in [5.74, 6) is -0.269. The van der Waals surface area contributed by atoms with E-state index in [1.165, 1.54) is 24.3 Å². The van der Waals surface area contributed by atoms with Crippen LogP contribution in [0.25, 0.3) is 0 Å². The average Bonchev–Trinajstić information content (AvgIpc) is 2.49. The Morgan fingerprint density at radius 1 is 1.22 bits per heavy atom. The van der Waals surface area contributed by atoms with Gasteiger partial charge in [0, 0.05) is 31.9 Å². The van der Waals surface area contributed by atoms with Gasteiger partial charge in [0.05, 0.1) is 13.2 Å². The molecular weight excluding hydrogens is 331 g/mol. The van der Waals surface area contributed by atoms with Gasteiger partial charge in [-0.3, -0.25) is 4.90 Å². The number of halogens is 3. The normalized spacial score (nSPS) is 16.0. The second-order valence-electron chi connectivity index (χ2n) is 4.91. The predicted octanol–water partition coefficient (Wildman–Crippen LogP) is 2.20. The predicted molar refractivity (Wildman–Crippen MR) is 84.6 cm³/mol. The molecule has 1 aliphatic heterocycles. The van der Waals surface area contributed by atoms with Crippen LogP contribution in [0.2, 0.25) is 0 Å². The fraction of sp³-hybridized carbons (Fsp3) is 0.500. The molecule has 1 aromatic carbocycles. The van der Waals surface area contributed by atoms with E-state index in [1.807, 2.05) is 0 Å². The molecule has 0 aromatic heterocycles. The molecule has 1 aromatic rings. The number of alkyl halides is 3. The standard InChI is InChI=1S/C14H18F3N3O2S/c15-14(16,17)22-12-3-1-11(2-4-12)19-13(23)18-5-6-20-7-9-21-10-8-20/h1-4H,5-10H2,(H2,18,19,23). The van der Waals surface area contributed by atoms with Crippen molar-refractivity contribution in [3.8, 4) is 5.75 Å². The highest BCUT2D eigenvalue weighted by molar-refractivity contribution is 7.80. The molecule has 0 amide bonds. The molecule has 0 aliphatic carbocycles. The van der Waals surface area contributed by atoms with Gasteiger partial charge in [0.15, 0.2) is 5.11 Å². The molecule has 9 heteroatoms. The first-order valence-corrected chi connectivity index (χ1v) is 7.54. The van der Waals surface area contributed by atoms with Crippen LogP contribution in [0, 0.1) is 0 Å². The average molecular weight is 349 g/mol. The highest BCUT2D eigenvalue weighted by Gasteiger charge is 2.30. The van der Waals surface area contributed by atoms with Gasteiger partial charge in [-0.25, -0.2) is 0 Å². The zero-order chi connectivity index (χ0) is 16.7. The third-order valence-corrected chi connectivity index (χ3v) is 3.41. The maximum absolute atomic E-state index is 12.1. The third kappa shape index (κ3) is 7.02. The van der Waals surface area contributed by atoms with Gasteiger partial charge in [-0.15, -0.1) is 13.2 Å². The number of anilines is 1. The van der Waals surface area contributed by atoms with Crippen molar-refractivity contribution in [2.45, 2.75) is 6.36 Å². The first kappa shape index (κ1) is 17.8. The van der Waals surface area contributed by atoms with Gasteiger partial charge in [0.25, 0.3) is 0 Å². The second-order valence-corrected chi connectivity index (χ2v) is 5.32. The molecule has 2 N–H and O–H groups in total.